The molecule has 0 bridgehead atoms. The van der Waals surface area contributed by atoms with Gasteiger partial charge in [-0.05, 0) is 19.9 Å². The lowest BCUT2D eigenvalue weighted by Gasteiger charge is -2.31. The molecule has 2 atom stereocenters. The largest absolute Gasteiger partial charge is 0.393 e. The molecule has 3 nitrogen and oxygen atoms in total. The molecule has 0 radical (unpaired) electrons. The van der Waals surface area contributed by atoms with Gasteiger partial charge in [-0.25, -0.2) is 4.39 Å². The summed E-state index contributed by atoms with van der Waals surface area (Å²) in [7, 11) is 0. The Balaban J connectivity index is 3.38. The summed E-state index contributed by atoms with van der Waals surface area (Å²) in [4.78, 5) is 0. The fraction of sp³-hybridized carbons (Fsp3) is 0.500. The monoisotopic (exact) mass is 263 g/mol. The van der Waals surface area contributed by atoms with Crippen LogP contribution in [0.5, 0.6) is 0 Å². The van der Waals surface area contributed by atoms with Crippen molar-refractivity contribution in [2.24, 2.45) is 5.73 Å². The Morgan fingerprint density at radius 3 is 2.39 bits per heavy atom. The van der Waals surface area contributed by atoms with E-state index >= 15 is 0 Å². The Labute approximate surface area is 103 Å². The number of hydrogen-bond acceptors (Lipinski definition) is 3. The first-order chi connectivity index (χ1) is 8.15. The van der Waals surface area contributed by atoms with Crippen LogP contribution in [0.2, 0.25) is 0 Å². The minimum atomic E-state index is -3.92. The molecule has 1 aromatic carbocycles. The van der Waals surface area contributed by atoms with Crippen LogP contribution in [-0.4, -0.2) is 22.4 Å². The lowest BCUT2D eigenvalue weighted by atomic mass is 9.90. The average Bonchev–Trinajstić information content (AvgIpc) is 2.28. The Kier molecular flexibility index (Phi) is 4.05. The second-order valence-electron chi connectivity index (χ2n) is 4.50. The van der Waals surface area contributed by atoms with E-state index in [1.807, 2.05) is 0 Å². The number of aliphatic hydroxyl groups excluding tert-OH is 1. The molecule has 0 heterocycles. The quantitative estimate of drug-likeness (QED) is 0.774. The van der Waals surface area contributed by atoms with Crippen molar-refractivity contribution >= 4 is 0 Å². The summed E-state index contributed by atoms with van der Waals surface area (Å²) >= 11 is 0. The van der Waals surface area contributed by atoms with Gasteiger partial charge < -0.3 is 15.9 Å². The van der Waals surface area contributed by atoms with E-state index in [1.165, 1.54) is 19.1 Å². The molecule has 102 valence electrons. The van der Waals surface area contributed by atoms with Gasteiger partial charge in [-0.2, -0.15) is 8.78 Å². The summed E-state index contributed by atoms with van der Waals surface area (Å²) < 4.78 is 41.8. The second kappa shape index (κ2) is 4.87. The molecule has 0 amide bonds. The van der Waals surface area contributed by atoms with Crippen molar-refractivity contribution in [3.8, 4) is 0 Å². The van der Waals surface area contributed by atoms with E-state index in [1.54, 1.807) is 0 Å². The van der Waals surface area contributed by atoms with Crippen LogP contribution in [0.4, 0.5) is 13.2 Å². The van der Waals surface area contributed by atoms with E-state index in [4.69, 9.17) is 10.8 Å². The number of alkyl halides is 2. The maximum absolute atomic E-state index is 13.9. The van der Waals surface area contributed by atoms with E-state index in [9.17, 15) is 18.3 Å². The summed E-state index contributed by atoms with van der Waals surface area (Å²) in [5.41, 5.74) is 1.68. The first-order valence-corrected chi connectivity index (χ1v) is 5.40. The fourth-order valence-corrected chi connectivity index (χ4v) is 1.53. The third-order valence-electron chi connectivity index (χ3n) is 2.84. The van der Waals surface area contributed by atoms with E-state index in [0.29, 0.717) is 0 Å². The number of benzene rings is 1. The van der Waals surface area contributed by atoms with E-state index < -0.39 is 35.6 Å². The van der Waals surface area contributed by atoms with Gasteiger partial charge in [-0.3, -0.25) is 0 Å². The molecular formula is C12H16F3NO2. The molecule has 1 rings (SSSR count). The van der Waals surface area contributed by atoms with Crippen LogP contribution in [0.1, 0.15) is 31.0 Å². The summed E-state index contributed by atoms with van der Waals surface area (Å²) in [6, 6.07) is 2.65. The van der Waals surface area contributed by atoms with E-state index in [2.05, 4.69) is 0 Å². The predicted octanol–water partition coefficient (Wildman–Crippen LogP) is 1.68. The molecule has 0 saturated carbocycles. The number of aliphatic hydroxyl groups is 2. The smallest absolute Gasteiger partial charge is 0.306 e. The van der Waals surface area contributed by atoms with Gasteiger partial charge in [0.15, 0.2) is 5.60 Å². The fourth-order valence-electron chi connectivity index (χ4n) is 1.53. The van der Waals surface area contributed by atoms with Crippen molar-refractivity contribution in [2.75, 3.05) is 6.61 Å². The molecule has 1 aromatic rings. The Morgan fingerprint density at radius 1 is 1.39 bits per heavy atom. The normalized spacial score (nSPS) is 17.3. The highest BCUT2D eigenvalue weighted by atomic mass is 19.3. The van der Waals surface area contributed by atoms with Crippen molar-refractivity contribution in [2.45, 2.75) is 31.4 Å². The topological polar surface area (TPSA) is 66.5 Å². The molecule has 0 unspecified atom stereocenters. The number of rotatable bonds is 4. The Hall–Kier alpha value is -1.11. The van der Waals surface area contributed by atoms with Crippen molar-refractivity contribution in [1.29, 1.82) is 0 Å². The zero-order valence-electron chi connectivity index (χ0n) is 10.1. The highest BCUT2D eigenvalue weighted by Crippen LogP contribution is 2.40. The minimum absolute atomic E-state index is 0.0686. The van der Waals surface area contributed by atoms with Gasteiger partial charge in [0.25, 0.3) is 0 Å². The molecule has 0 aliphatic carbocycles. The Bertz CT molecular complexity index is 433. The summed E-state index contributed by atoms with van der Waals surface area (Å²) in [6.07, 6.45) is 0. The van der Waals surface area contributed by atoms with Gasteiger partial charge in [-0.15, -0.1) is 0 Å². The molecule has 0 aliphatic heterocycles. The molecule has 4 N–H and O–H groups in total. The van der Waals surface area contributed by atoms with Gasteiger partial charge in [0.05, 0.1) is 12.2 Å². The summed E-state index contributed by atoms with van der Waals surface area (Å²) in [5.74, 6) is -5.08. The summed E-state index contributed by atoms with van der Waals surface area (Å²) in [5, 5.41) is 18.2. The molecule has 18 heavy (non-hydrogen) atoms. The molecule has 0 saturated heterocycles. The molecule has 0 spiro atoms. The lowest BCUT2D eigenvalue weighted by Crippen LogP contribution is -2.47. The molecular weight excluding hydrogens is 247 g/mol. The second-order valence-corrected chi connectivity index (χ2v) is 4.50. The minimum Gasteiger partial charge on any atom is -0.393 e. The highest BCUT2D eigenvalue weighted by Gasteiger charge is 2.51. The van der Waals surface area contributed by atoms with Crippen LogP contribution < -0.4 is 5.73 Å². The zero-order chi connectivity index (χ0) is 14.1. The van der Waals surface area contributed by atoms with Crippen LogP contribution in [0.15, 0.2) is 18.2 Å². The van der Waals surface area contributed by atoms with Crippen LogP contribution >= 0.6 is 0 Å². The van der Waals surface area contributed by atoms with Crippen LogP contribution in [0, 0.1) is 5.82 Å². The molecule has 6 heteroatoms. The van der Waals surface area contributed by atoms with E-state index in [0.717, 1.165) is 13.0 Å². The highest BCUT2D eigenvalue weighted by molar-refractivity contribution is 5.32. The Morgan fingerprint density at radius 2 is 1.94 bits per heavy atom. The van der Waals surface area contributed by atoms with Gasteiger partial charge in [-0.1, -0.05) is 12.1 Å². The number of halogens is 3. The zero-order valence-corrected chi connectivity index (χ0v) is 10.1. The molecule has 0 aliphatic rings. The maximum atomic E-state index is 13.9. The van der Waals surface area contributed by atoms with Crippen LogP contribution in [0.25, 0.3) is 0 Å². The van der Waals surface area contributed by atoms with Gasteiger partial charge >= 0.3 is 5.92 Å². The first kappa shape index (κ1) is 14.9. The average molecular weight is 263 g/mol. The number of nitrogens with two attached hydrogens (primary N) is 1. The molecule has 0 aromatic heterocycles. The predicted molar refractivity (Wildman–Crippen MR) is 60.6 cm³/mol. The third kappa shape index (κ3) is 2.36. The standard InChI is InChI=1S/C12H16F3NO2/c1-7(16)8-4-3-5-9(10(8)13)12(14,15)11(2,18)6-17/h3-5,7,17-18H,6,16H2,1-2H3/t7-,11-/m1/s1. The van der Waals surface area contributed by atoms with Crippen molar-refractivity contribution in [3.05, 3.63) is 35.1 Å². The first-order valence-electron chi connectivity index (χ1n) is 5.40. The van der Waals surface area contributed by atoms with E-state index in [-0.39, 0.29) is 5.56 Å². The van der Waals surface area contributed by atoms with Crippen molar-refractivity contribution in [3.63, 3.8) is 0 Å². The number of hydrogen-bond donors (Lipinski definition) is 3. The van der Waals surface area contributed by atoms with Crippen molar-refractivity contribution in [1.82, 2.24) is 0 Å². The SMILES string of the molecule is C[C@@H](N)c1cccc(C(F)(F)[C@](C)(O)CO)c1F. The van der Waals surface area contributed by atoms with Crippen LogP contribution in [-0.2, 0) is 5.92 Å². The van der Waals surface area contributed by atoms with Crippen LogP contribution in [0.3, 0.4) is 0 Å². The van der Waals surface area contributed by atoms with Gasteiger partial charge in [0.1, 0.15) is 5.82 Å². The maximum Gasteiger partial charge on any atom is 0.306 e. The van der Waals surface area contributed by atoms with Gasteiger partial charge in [0, 0.05) is 11.6 Å². The summed E-state index contributed by atoms with van der Waals surface area (Å²) in [6.45, 7) is 1.01. The molecule has 0 fully saturated rings. The van der Waals surface area contributed by atoms with Gasteiger partial charge in [0.2, 0.25) is 0 Å². The lowest BCUT2D eigenvalue weighted by molar-refractivity contribution is -0.197. The van der Waals surface area contributed by atoms with Crippen molar-refractivity contribution < 1.29 is 23.4 Å². The third-order valence-corrected chi connectivity index (χ3v) is 2.84.